The van der Waals surface area contributed by atoms with Gasteiger partial charge in [0.25, 0.3) is 5.91 Å². The van der Waals surface area contributed by atoms with Crippen molar-refractivity contribution in [1.82, 2.24) is 15.2 Å². The molecule has 0 bridgehead atoms. The minimum atomic E-state index is -0.307. The lowest BCUT2D eigenvalue weighted by Crippen LogP contribution is -2.15. The van der Waals surface area contributed by atoms with E-state index in [1.807, 2.05) is 6.07 Å². The number of nitrogens with one attached hydrogen (secondary N) is 2. The van der Waals surface area contributed by atoms with Crippen LogP contribution in [0.25, 0.3) is 0 Å². The van der Waals surface area contributed by atoms with Crippen LogP contribution in [0.15, 0.2) is 16.9 Å². The second kappa shape index (κ2) is 7.39. The number of aromatic amines is 1. The number of anilines is 1. The zero-order valence-electron chi connectivity index (χ0n) is 14.3. The summed E-state index contributed by atoms with van der Waals surface area (Å²) >= 11 is 0. The van der Waals surface area contributed by atoms with Gasteiger partial charge >= 0.3 is 0 Å². The summed E-state index contributed by atoms with van der Waals surface area (Å²) in [6, 6.07) is 1.94. The second-order valence-electron chi connectivity index (χ2n) is 6.92. The SMILES string of the molecule is O=C(Nc1cc(C2CCCCCC2)[nH]n1)c1ncoc1[C@@H]1CCCO1. The van der Waals surface area contributed by atoms with Crippen molar-refractivity contribution in [2.75, 3.05) is 11.9 Å². The molecule has 0 aromatic carbocycles. The number of aromatic nitrogens is 3. The van der Waals surface area contributed by atoms with Crippen LogP contribution in [0.4, 0.5) is 5.82 Å². The van der Waals surface area contributed by atoms with Crippen LogP contribution in [0.1, 0.15) is 85.3 Å². The number of hydrogen-bond donors (Lipinski definition) is 2. The van der Waals surface area contributed by atoms with Gasteiger partial charge in [-0.3, -0.25) is 9.89 Å². The molecular formula is C18H24N4O3. The molecular weight excluding hydrogens is 320 g/mol. The molecule has 1 amide bonds. The topological polar surface area (TPSA) is 93.0 Å². The van der Waals surface area contributed by atoms with E-state index in [2.05, 4.69) is 20.5 Å². The summed E-state index contributed by atoms with van der Waals surface area (Å²) in [7, 11) is 0. The molecule has 1 saturated carbocycles. The average molecular weight is 344 g/mol. The van der Waals surface area contributed by atoms with Crippen LogP contribution < -0.4 is 5.32 Å². The Morgan fingerprint density at radius 2 is 2.00 bits per heavy atom. The van der Waals surface area contributed by atoms with E-state index in [1.54, 1.807) is 0 Å². The molecule has 0 spiro atoms. The van der Waals surface area contributed by atoms with Crippen molar-refractivity contribution < 1.29 is 13.9 Å². The molecule has 25 heavy (non-hydrogen) atoms. The first-order valence-corrected chi connectivity index (χ1v) is 9.23. The molecule has 4 rings (SSSR count). The first-order valence-electron chi connectivity index (χ1n) is 9.23. The third-order valence-corrected chi connectivity index (χ3v) is 5.17. The first kappa shape index (κ1) is 16.3. The van der Waals surface area contributed by atoms with E-state index >= 15 is 0 Å². The Hall–Kier alpha value is -2.15. The van der Waals surface area contributed by atoms with Gasteiger partial charge in [0, 0.05) is 24.3 Å². The van der Waals surface area contributed by atoms with Gasteiger partial charge in [-0.1, -0.05) is 25.7 Å². The van der Waals surface area contributed by atoms with E-state index in [-0.39, 0.29) is 17.7 Å². The van der Waals surface area contributed by atoms with Crippen LogP contribution >= 0.6 is 0 Å². The molecule has 1 aliphatic heterocycles. The molecule has 3 heterocycles. The molecule has 0 radical (unpaired) electrons. The summed E-state index contributed by atoms with van der Waals surface area (Å²) in [4.78, 5) is 16.6. The maximum Gasteiger partial charge on any atom is 0.279 e. The summed E-state index contributed by atoms with van der Waals surface area (Å²) in [6.07, 6.45) is 10.4. The highest BCUT2D eigenvalue weighted by atomic mass is 16.5. The molecule has 1 saturated heterocycles. The third kappa shape index (κ3) is 3.61. The summed E-state index contributed by atoms with van der Waals surface area (Å²) < 4.78 is 11.0. The Balaban J connectivity index is 1.44. The Morgan fingerprint density at radius 3 is 2.76 bits per heavy atom. The van der Waals surface area contributed by atoms with Gasteiger partial charge in [-0.2, -0.15) is 5.10 Å². The van der Waals surface area contributed by atoms with Gasteiger partial charge in [0.1, 0.15) is 6.10 Å². The minimum absolute atomic E-state index is 0.177. The molecule has 2 N–H and O–H groups in total. The molecule has 2 aliphatic rings. The molecule has 2 fully saturated rings. The van der Waals surface area contributed by atoms with Crippen LogP contribution in [0.5, 0.6) is 0 Å². The molecule has 2 aromatic rings. The Bertz CT molecular complexity index is 709. The summed E-state index contributed by atoms with van der Waals surface area (Å²) in [6.45, 7) is 0.691. The number of oxazole rings is 1. The molecule has 7 heteroatoms. The number of ether oxygens (including phenoxy) is 1. The van der Waals surface area contributed by atoms with E-state index in [4.69, 9.17) is 9.15 Å². The molecule has 1 atom stereocenters. The highest BCUT2D eigenvalue weighted by Crippen LogP contribution is 2.32. The van der Waals surface area contributed by atoms with Gasteiger partial charge in [0.2, 0.25) is 0 Å². The van der Waals surface area contributed by atoms with Crippen LogP contribution in [0, 0.1) is 0 Å². The second-order valence-corrected chi connectivity index (χ2v) is 6.92. The number of carbonyl (C=O) groups excluding carboxylic acids is 1. The minimum Gasteiger partial charge on any atom is -0.445 e. The predicted octanol–water partition coefficient (Wildman–Crippen LogP) is 3.94. The monoisotopic (exact) mass is 344 g/mol. The number of nitrogens with zero attached hydrogens (tertiary/aromatic N) is 2. The van der Waals surface area contributed by atoms with E-state index < -0.39 is 0 Å². The Morgan fingerprint density at radius 1 is 1.16 bits per heavy atom. The average Bonchev–Trinajstić information content (AvgIpc) is 3.33. The molecule has 0 unspecified atom stereocenters. The van der Waals surface area contributed by atoms with Crippen LogP contribution in [0.3, 0.4) is 0 Å². The first-order chi connectivity index (χ1) is 12.3. The smallest absolute Gasteiger partial charge is 0.279 e. The lowest BCUT2D eigenvalue weighted by molar-refractivity contribution is 0.0889. The number of carbonyl (C=O) groups is 1. The summed E-state index contributed by atoms with van der Waals surface area (Å²) in [5.74, 6) is 1.24. The van der Waals surface area contributed by atoms with Gasteiger partial charge in [-0.05, 0) is 25.7 Å². The van der Waals surface area contributed by atoms with Crippen molar-refractivity contribution in [3.8, 4) is 0 Å². The number of H-pyrrole nitrogens is 1. The largest absolute Gasteiger partial charge is 0.445 e. The van der Waals surface area contributed by atoms with Crippen molar-refractivity contribution in [3.63, 3.8) is 0 Å². The third-order valence-electron chi connectivity index (χ3n) is 5.17. The van der Waals surface area contributed by atoms with Gasteiger partial charge in [0.15, 0.2) is 23.7 Å². The molecule has 2 aromatic heterocycles. The van der Waals surface area contributed by atoms with Gasteiger partial charge in [-0.25, -0.2) is 4.98 Å². The van der Waals surface area contributed by atoms with Gasteiger partial charge in [0.05, 0.1) is 0 Å². The fraction of sp³-hybridized carbons (Fsp3) is 0.611. The fourth-order valence-corrected chi connectivity index (χ4v) is 3.81. The van der Waals surface area contributed by atoms with E-state index in [0.717, 1.165) is 18.5 Å². The van der Waals surface area contributed by atoms with Crippen molar-refractivity contribution in [1.29, 1.82) is 0 Å². The normalized spacial score (nSPS) is 22.0. The Kier molecular flexibility index (Phi) is 4.83. The van der Waals surface area contributed by atoms with E-state index in [1.165, 1.54) is 44.9 Å². The number of rotatable bonds is 4. The van der Waals surface area contributed by atoms with Crippen molar-refractivity contribution in [2.24, 2.45) is 0 Å². The summed E-state index contributed by atoms with van der Waals surface area (Å²) in [5.41, 5.74) is 1.39. The Labute approximate surface area is 146 Å². The van der Waals surface area contributed by atoms with Crippen LogP contribution in [-0.2, 0) is 4.74 Å². The lowest BCUT2D eigenvalue weighted by atomic mass is 9.97. The van der Waals surface area contributed by atoms with Gasteiger partial charge < -0.3 is 14.5 Å². The van der Waals surface area contributed by atoms with Crippen molar-refractivity contribution in [3.05, 3.63) is 29.6 Å². The fourth-order valence-electron chi connectivity index (χ4n) is 3.81. The maximum atomic E-state index is 12.6. The van der Waals surface area contributed by atoms with Crippen LogP contribution in [-0.4, -0.2) is 27.7 Å². The number of amides is 1. The predicted molar refractivity (Wildman–Crippen MR) is 91.4 cm³/mol. The molecule has 134 valence electrons. The lowest BCUT2D eigenvalue weighted by Gasteiger charge is -2.10. The number of hydrogen-bond acceptors (Lipinski definition) is 5. The zero-order valence-corrected chi connectivity index (χ0v) is 14.3. The highest BCUT2D eigenvalue weighted by Gasteiger charge is 2.28. The summed E-state index contributed by atoms with van der Waals surface area (Å²) in [5, 5.41) is 10.2. The standard InChI is InChI=1S/C18H24N4O3/c23-18(16-17(25-11-19-16)14-8-5-9-24-14)20-15-10-13(21-22-15)12-6-3-1-2-4-7-12/h10-12,14H,1-9H2,(H2,20,21,22,23)/t14-/m0/s1. The highest BCUT2D eigenvalue weighted by molar-refractivity contribution is 6.03. The zero-order chi connectivity index (χ0) is 17.1. The van der Waals surface area contributed by atoms with E-state index in [0.29, 0.717) is 24.1 Å². The van der Waals surface area contributed by atoms with Crippen LogP contribution in [0.2, 0.25) is 0 Å². The maximum absolute atomic E-state index is 12.6. The van der Waals surface area contributed by atoms with Crippen molar-refractivity contribution >= 4 is 11.7 Å². The quantitative estimate of drug-likeness (QED) is 0.820. The van der Waals surface area contributed by atoms with Gasteiger partial charge in [-0.15, -0.1) is 0 Å². The van der Waals surface area contributed by atoms with E-state index in [9.17, 15) is 4.79 Å². The molecule has 7 nitrogen and oxygen atoms in total. The molecule has 1 aliphatic carbocycles. The van der Waals surface area contributed by atoms with Crippen molar-refractivity contribution in [2.45, 2.75) is 63.4 Å².